The van der Waals surface area contributed by atoms with Crippen LogP contribution in [0, 0.1) is 6.92 Å². The van der Waals surface area contributed by atoms with Crippen molar-refractivity contribution in [1.82, 2.24) is 9.80 Å². The third-order valence-electron chi connectivity index (χ3n) is 4.89. The average molecular weight is 310 g/mol. The summed E-state index contributed by atoms with van der Waals surface area (Å²) in [5.74, 6) is 0. The van der Waals surface area contributed by atoms with E-state index in [0.717, 1.165) is 11.6 Å². The van der Waals surface area contributed by atoms with Gasteiger partial charge in [-0.3, -0.25) is 4.90 Å². The number of piperidine rings is 1. The summed E-state index contributed by atoms with van der Waals surface area (Å²) in [4.78, 5) is 5.00. The molecule has 1 aliphatic heterocycles. The molecule has 118 valence electrons. The van der Waals surface area contributed by atoms with E-state index in [-0.39, 0.29) is 6.04 Å². The number of aryl methyl sites for hydroxylation is 1. The lowest BCUT2D eigenvalue weighted by atomic mass is 9.96. The van der Waals surface area contributed by atoms with Gasteiger partial charge in [-0.1, -0.05) is 24.6 Å². The van der Waals surface area contributed by atoms with Gasteiger partial charge in [-0.2, -0.15) is 0 Å². The van der Waals surface area contributed by atoms with Gasteiger partial charge in [-0.25, -0.2) is 0 Å². The Morgan fingerprint density at radius 3 is 2.57 bits per heavy atom. The molecule has 1 unspecified atom stereocenters. The molecule has 0 aromatic heterocycles. The molecule has 4 heteroatoms. The number of nitrogens with zero attached hydrogens (tertiary/aromatic N) is 2. The fraction of sp³-hybridized carbons (Fsp3) is 0.647. The maximum Gasteiger partial charge on any atom is 0.0472 e. The molecule has 0 radical (unpaired) electrons. The quantitative estimate of drug-likeness (QED) is 0.907. The van der Waals surface area contributed by atoms with Gasteiger partial charge < -0.3 is 10.6 Å². The number of nitrogens with two attached hydrogens (primary N) is 1. The number of benzene rings is 1. The van der Waals surface area contributed by atoms with Crippen LogP contribution in [0.5, 0.6) is 0 Å². The van der Waals surface area contributed by atoms with Crippen LogP contribution in [0.15, 0.2) is 18.2 Å². The Balaban J connectivity index is 2.10. The molecule has 1 saturated heterocycles. The lowest BCUT2D eigenvalue weighted by Gasteiger charge is -2.40. The lowest BCUT2D eigenvalue weighted by Crippen LogP contribution is -2.46. The molecule has 0 amide bonds. The summed E-state index contributed by atoms with van der Waals surface area (Å²) in [5, 5.41) is 0.797. The SMILES string of the molecule is CCN1CCC(N(C)C(CN)c2ccc(Cl)cc2C)CC1. The fourth-order valence-electron chi connectivity index (χ4n) is 3.42. The zero-order valence-electron chi connectivity index (χ0n) is 13.5. The summed E-state index contributed by atoms with van der Waals surface area (Å²) in [7, 11) is 2.22. The summed E-state index contributed by atoms with van der Waals surface area (Å²) in [6.07, 6.45) is 2.46. The fourth-order valence-corrected chi connectivity index (χ4v) is 3.65. The maximum atomic E-state index is 6.09. The van der Waals surface area contributed by atoms with Crippen LogP contribution in [-0.2, 0) is 0 Å². The number of halogens is 1. The summed E-state index contributed by atoms with van der Waals surface area (Å²) in [5.41, 5.74) is 8.63. The van der Waals surface area contributed by atoms with Crippen LogP contribution in [0.3, 0.4) is 0 Å². The van der Waals surface area contributed by atoms with E-state index >= 15 is 0 Å². The first-order valence-electron chi connectivity index (χ1n) is 7.97. The van der Waals surface area contributed by atoms with Crippen molar-refractivity contribution in [2.45, 2.75) is 38.8 Å². The van der Waals surface area contributed by atoms with Crippen molar-refractivity contribution in [2.75, 3.05) is 33.2 Å². The third kappa shape index (κ3) is 3.98. The van der Waals surface area contributed by atoms with Crippen molar-refractivity contribution in [3.8, 4) is 0 Å². The highest BCUT2D eigenvalue weighted by Gasteiger charge is 2.27. The van der Waals surface area contributed by atoms with Crippen molar-refractivity contribution < 1.29 is 0 Å². The average Bonchev–Trinajstić information content (AvgIpc) is 2.50. The monoisotopic (exact) mass is 309 g/mol. The van der Waals surface area contributed by atoms with Crippen LogP contribution in [0.2, 0.25) is 5.02 Å². The van der Waals surface area contributed by atoms with E-state index in [0.29, 0.717) is 12.6 Å². The first-order chi connectivity index (χ1) is 10.1. The van der Waals surface area contributed by atoms with Crippen LogP contribution in [0.1, 0.15) is 36.9 Å². The molecule has 1 aromatic carbocycles. The highest BCUT2D eigenvalue weighted by molar-refractivity contribution is 6.30. The van der Waals surface area contributed by atoms with Gasteiger partial charge in [0.1, 0.15) is 0 Å². The van der Waals surface area contributed by atoms with Gasteiger partial charge in [0.15, 0.2) is 0 Å². The Kier molecular flexibility index (Phi) is 6.06. The van der Waals surface area contributed by atoms with Crippen LogP contribution in [0.25, 0.3) is 0 Å². The van der Waals surface area contributed by atoms with Crippen molar-refractivity contribution in [3.05, 3.63) is 34.3 Å². The van der Waals surface area contributed by atoms with E-state index in [1.165, 1.54) is 37.1 Å². The van der Waals surface area contributed by atoms with Gasteiger partial charge in [0, 0.05) is 23.7 Å². The smallest absolute Gasteiger partial charge is 0.0472 e. The minimum atomic E-state index is 0.278. The second-order valence-corrected chi connectivity index (χ2v) is 6.52. The van der Waals surface area contributed by atoms with Crippen molar-refractivity contribution >= 4 is 11.6 Å². The summed E-state index contributed by atoms with van der Waals surface area (Å²) in [6, 6.07) is 7.04. The minimum absolute atomic E-state index is 0.278. The second-order valence-electron chi connectivity index (χ2n) is 6.08. The van der Waals surface area contributed by atoms with E-state index in [9.17, 15) is 0 Å². The summed E-state index contributed by atoms with van der Waals surface area (Å²) < 4.78 is 0. The standard InChI is InChI=1S/C17H28ClN3/c1-4-21-9-7-15(8-10-21)20(3)17(12-19)16-6-5-14(18)11-13(16)2/h5-6,11,15,17H,4,7-10,12,19H2,1-3H3. The van der Waals surface area contributed by atoms with Crippen LogP contribution in [0.4, 0.5) is 0 Å². The molecule has 3 nitrogen and oxygen atoms in total. The van der Waals surface area contributed by atoms with Gasteiger partial charge in [-0.15, -0.1) is 0 Å². The van der Waals surface area contributed by atoms with E-state index in [4.69, 9.17) is 17.3 Å². The number of hydrogen-bond acceptors (Lipinski definition) is 3. The minimum Gasteiger partial charge on any atom is -0.329 e. The van der Waals surface area contributed by atoms with Crippen LogP contribution < -0.4 is 5.73 Å². The number of likely N-dealkylation sites (N-methyl/N-ethyl adjacent to an activating group) is 1. The molecular formula is C17H28ClN3. The molecule has 0 spiro atoms. The Bertz CT molecular complexity index is 455. The molecule has 1 atom stereocenters. The van der Waals surface area contributed by atoms with E-state index < -0.39 is 0 Å². The van der Waals surface area contributed by atoms with Crippen molar-refractivity contribution in [1.29, 1.82) is 0 Å². The number of rotatable bonds is 5. The first kappa shape index (κ1) is 16.8. The topological polar surface area (TPSA) is 32.5 Å². The molecule has 0 bridgehead atoms. The van der Waals surface area contributed by atoms with Gasteiger partial charge in [0.2, 0.25) is 0 Å². The molecule has 2 N–H and O–H groups in total. The molecular weight excluding hydrogens is 282 g/mol. The lowest BCUT2D eigenvalue weighted by molar-refractivity contribution is 0.101. The Labute approximate surface area is 134 Å². The highest BCUT2D eigenvalue weighted by Crippen LogP contribution is 2.28. The van der Waals surface area contributed by atoms with Gasteiger partial charge in [-0.05, 0) is 69.7 Å². The van der Waals surface area contributed by atoms with Crippen LogP contribution in [-0.4, -0.2) is 49.1 Å². The molecule has 2 rings (SSSR count). The van der Waals surface area contributed by atoms with Crippen molar-refractivity contribution in [3.63, 3.8) is 0 Å². The zero-order valence-corrected chi connectivity index (χ0v) is 14.2. The van der Waals surface area contributed by atoms with Crippen LogP contribution >= 0.6 is 11.6 Å². The zero-order chi connectivity index (χ0) is 15.4. The van der Waals surface area contributed by atoms with E-state index in [1.807, 2.05) is 12.1 Å². The predicted octanol–water partition coefficient (Wildman–Crippen LogP) is 3.06. The molecule has 1 aliphatic rings. The number of likely N-dealkylation sites (tertiary alicyclic amines) is 1. The summed E-state index contributed by atoms with van der Waals surface area (Å²) in [6.45, 7) is 8.56. The second kappa shape index (κ2) is 7.59. The van der Waals surface area contributed by atoms with Crippen molar-refractivity contribution in [2.24, 2.45) is 5.73 Å². The Hall–Kier alpha value is -0.610. The highest BCUT2D eigenvalue weighted by atomic mass is 35.5. The normalized spacial score (nSPS) is 19.1. The number of hydrogen-bond donors (Lipinski definition) is 1. The summed E-state index contributed by atoms with van der Waals surface area (Å²) >= 11 is 6.07. The molecule has 0 aliphatic carbocycles. The Morgan fingerprint density at radius 2 is 2.05 bits per heavy atom. The predicted molar refractivity (Wildman–Crippen MR) is 90.9 cm³/mol. The van der Waals surface area contributed by atoms with Gasteiger partial charge in [0.25, 0.3) is 0 Å². The van der Waals surface area contributed by atoms with E-state index in [2.05, 4.69) is 36.8 Å². The third-order valence-corrected chi connectivity index (χ3v) is 5.12. The van der Waals surface area contributed by atoms with Gasteiger partial charge >= 0.3 is 0 Å². The molecule has 21 heavy (non-hydrogen) atoms. The molecule has 1 fully saturated rings. The van der Waals surface area contributed by atoms with Gasteiger partial charge in [0.05, 0.1) is 0 Å². The Morgan fingerprint density at radius 1 is 1.38 bits per heavy atom. The van der Waals surface area contributed by atoms with E-state index in [1.54, 1.807) is 0 Å². The largest absolute Gasteiger partial charge is 0.329 e. The maximum absolute atomic E-state index is 6.09. The first-order valence-corrected chi connectivity index (χ1v) is 8.35. The molecule has 1 heterocycles. The molecule has 0 saturated carbocycles. The molecule has 1 aromatic rings.